The van der Waals surface area contributed by atoms with Crippen molar-refractivity contribution in [3.63, 3.8) is 0 Å². The van der Waals surface area contributed by atoms with Crippen LogP contribution >= 0.6 is 0 Å². The summed E-state index contributed by atoms with van der Waals surface area (Å²) in [6, 6.07) is 6.90. The van der Waals surface area contributed by atoms with Crippen LogP contribution in [0.5, 0.6) is 0 Å². The van der Waals surface area contributed by atoms with Gasteiger partial charge in [-0.1, -0.05) is 37.1 Å². The number of hydrogen-bond acceptors (Lipinski definition) is 7. The van der Waals surface area contributed by atoms with Crippen LogP contribution in [0.1, 0.15) is 71.3 Å². The van der Waals surface area contributed by atoms with Crippen molar-refractivity contribution in [2.75, 3.05) is 26.4 Å². The number of nitrogens with one attached hydrogen (secondary N) is 1. The van der Waals surface area contributed by atoms with Gasteiger partial charge >= 0.3 is 0 Å². The topological polar surface area (TPSA) is 95.5 Å². The first-order chi connectivity index (χ1) is 19.5. The van der Waals surface area contributed by atoms with Gasteiger partial charge in [-0.3, -0.25) is 0 Å². The van der Waals surface area contributed by atoms with Gasteiger partial charge in [-0.2, -0.15) is 18.4 Å². The van der Waals surface area contributed by atoms with Crippen molar-refractivity contribution in [1.29, 1.82) is 0 Å². The first kappa shape index (κ1) is 28.0. The molecule has 1 aromatic rings. The third-order valence-electron chi connectivity index (χ3n) is 11.9. The van der Waals surface area contributed by atoms with E-state index in [-0.39, 0.29) is 21.6 Å². The molecule has 6 aliphatic rings. The van der Waals surface area contributed by atoms with E-state index in [9.17, 15) is 8.42 Å². The fraction of sp³-hybridized carbons (Fsp3) is 0.719. The van der Waals surface area contributed by atoms with Crippen LogP contribution in [0.3, 0.4) is 0 Å². The molecule has 5 fully saturated rings. The Morgan fingerprint density at radius 3 is 2.24 bits per heavy atom. The highest BCUT2D eigenvalue weighted by Crippen LogP contribution is 2.68. The van der Waals surface area contributed by atoms with E-state index in [1.165, 1.54) is 5.57 Å². The number of nitrogens with zero attached hydrogens (tertiary/aromatic N) is 1. The van der Waals surface area contributed by atoms with E-state index in [0.717, 1.165) is 49.8 Å². The summed E-state index contributed by atoms with van der Waals surface area (Å²) >= 11 is 0. The normalized spacial score (nSPS) is 40.2. The van der Waals surface area contributed by atoms with Crippen molar-refractivity contribution in [3.05, 3.63) is 41.5 Å². The van der Waals surface area contributed by atoms with Crippen LogP contribution in [0.2, 0.25) is 0 Å². The van der Waals surface area contributed by atoms with Gasteiger partial charge in [0.2, 0.25) is 0 Å². The molecule has 0 unspecified atom stereocenters. The van der Waals surface area contributed by atoms with Crippen molar-refractivity contribution < 1.29 is 27.4 Å². The average Bonchev–Trinajstić information content (AvgIpc) is 3.67. The standard InChI is InChI=1S/C32H44N2O6S/c1-21-5-7-23(8-6-21)41(35,36)34-33-26-19-22-20-32(39-17-18-40-32)14-13-29(22,2)25-11-12-30(3)24(28(25)26)9-10-27(30)31(4)37-15-16-38-31/h5-8,19,24-25,27-28,34H,9-18,20H2,1-4H3/t24-,25-,27-,28-,29-,30-/m0/s1. The molecular weight excluding hydrogens is 540 g/mol. The van der Waals surface area contributed by atoms with E-state index in [0.29, 0.717) is 50.6 Å². The maximum absolute atomic E-state index is 13.3. The Kier molecular flexibility index (Phi) is 6.57. The summed E-state index contributed by atoms with van der Waals surface area (Å²) in [6.45, 7) is 11.4. The zero-order valence-corrected chi connectivity index (χ0v) is 25.6. The van der Waals surface area contributed by atoms with Gasteiger partial charge in [0.1, 0.15) is 0 Å². The third-order valence-corrected chi connectivity index (χ3v) is 13.1. The fourth-order valence-electron chi connectivity index (χ4n) is 9.70. The Morgan fingerprint density at radius 2 is 1.54 bits per heavy atom. The molecule has 224 valence electrons. The largest absolute Gasteiger partial charge is 0.348 e. The summed E-state index contributed by atoms with van der Waals surface area (Å²) in [6.07, 6.45) is 9.08. The van der Waals surface area contributed by atoms with Gasteiger partial charge in [-0.05, 0) is 86.8 Å². The minimum absolute atomic E-state index is 0.00373. The molecule has 1 N–H and O–H groups in total. The predicted molar refractivity (Wildman–Crippen MR) is 154 cm³/mol. The van der Waals surface area contributed by atoms with Gasteiger partial charge in [0, 0.05) is 24.7 Å². The smallest absolute Gasteiger partial charge is 0.276 e. The lowest BCUT2D eigenvalue weighted by Gasteiger charge is -2.59. The summed E-state index contributed by atoms with van der Waals surface area (Å²) < 4.78 is 51.4. The first-order valence-corrected chi connectivity index (χ1v) is 16.9. The second-order valence-corrected chi connectivity index (χ2v) is 15.6. The van der Waals surface area contributed by atoms with Crippen LogP contribution in [0.15, 0.2) is 45.9 Å². The van der Waals surface area contributed by atoms with Gasteiger partial charge in [0.05, 0.1) is 37.0 Å². The molecule has 0 aromatic heterocycles. The number of sulfonamides is 1. The third kappa shape index (κ3) is 4.36. The molecule has 2 saturated heterocycles. The fourth-order valence-corrected chi connectivity index (χ4v) is 10.5. The molecule has 1 aromatic carbocycles. The quantitative estimate of drug-likeness (QED) is 0.481. The summed E-state index contributed by atoms with van der Waals surface area (Å²) in [5, 5.41) is 4.76. The van der Waals surface area contributed by atoms with Crippen molar-refractivity contribution in [1.82, 2.24) is 4.83 Å². The number of rotatable bonds is 4. The molecule has 8 nitrogen and oxygen atoms in total. The molecule has 6 atom stereocenters. The highest BCUT2D eigenvalue weighted by atomic mass is 32.2. The number of ether oxygens (including phenoxy) is 4. The van der Waals surface area contributed by atoms with Crippen LogP contribution in [-0.4, -0.2) is 52.1 Å². The molecule has 0 radical (unpaired) electrons. The molecule has 2 heterocycles. The second-order valence-electron chi connectivity index (χ2n) is 13.9. The summed E-state index contributed by atoms with van der Waals surface area (Å²) in [5.41, 5.74) is 3.17. The number of benzene rings is 1. The summed E-state index contributed by atoms with van der Waals surface area (Å²) in [5.74, 6) is 0.0637. The Morgan fingerprint density at radius 1 is 0.854 bits per heavy atom. The van der Waals surface area contributed by atoms with Crippen molar-refractivity contribution in [2.24, 2.45) is 39.6 Å². The van der Waals surface area contributed by atoms with E-state index in [1.807, 2.05) is 19.1 Å². The van der Waals surface area contributed by atoms with E-state index >= 15 is 0 Å². The number of hydrazone groups is 1. The minimum Gasteiger partial charge on any atom is -0.348 e. The maximum atomic E-state index is 13.3. The van der Waals surface area contributed by atoms with Crippen LogP contribution in [-0.2, 0) is 29.0 Å². The number of hydrogen-bond donors (Lipinski definition) is 1. The van der Waals surface area contributed by atoms with E-state index in [1.54, 1.807) is 12.1 Å². The molecule has 7 rings (SSSR count). The molecular formula is C32H44N2O6S. The van der Waals surface area contributed by atoms with Crippen molar-refractivity contribution in [2.45, 2.75) is 89.1 Å². The van der Waals surface area contributed by atoms with Gasteiger partial charge in [0.15, 0.2) is 11.6 Å². The van der Waals surface area contributed by atoms with Crippen LogP contribution in [0.4, 0.5) is 0 Å². The van der Waals surface area contributed by atoms with Crippen LogP contribution < -0.4 is 4.83 Å². The highest BCUT2D eigenvalue weighted by Gasteiger charge is 2.65. The zero-order chi connectivity index (χ0) is 28.7. The Hall–Kier alpha value is -1.78. The summed E-state index contributed by atoms with van der Waals surface area (Å²) in [4.78, 5) is 2.86. The molecule has 2 aliphatic heterocycles. The molecule has 0 bridgehead atoms. The number of allylic oxidation sites excluding steroid dienone is 1. The van der Waals surface area contributed by atoms with E-state index in [2.05, 4.69) is 31.7 Å². The molecule has 41 heavy (non-hydrogen) atoms. The number of fused-ring (bicyclic) bond motifs is 5. The monoisotopic (exact) mass is 584 g/mol. The Labute approximate surface area is 244 Å². The SMILES string of the molecule is Cc1ccc(S(=O)(=O)NN=C2C=C3CC4(CC[C@]3(C)[C@H]3CC[C@]5(C)[C@@H](C6(C)OCCO6)CC[C@H]5[C@H]23)OCCO4)cc1. The molecule has 0 amide bonds. The Balaban J connectivity index is 1.28. The summed E-state index contributed by atoms with van der Waals surface area (Å²) in [7, 11) is -3.81. The average molecular weight is 585 g/mol. The zero-order valence-electron chi connectivity index (χ0n) is 24.8. The maximum Gasteiger partial charge on any atom is 0.276 e. The lowest BCUT2D eigenvalue weighted by atomic mass is 9.46. The lowest BCUT2D eigenvalue weighted by molar-refractivity contribution is -0.214. The highest BCUT2D eigenvalue weighted by molar-refractivity contribution is 7.89. The van der Waals surface area contributed by atoms with Crippen molar-refractivity contribution >= 4 is 15.7 Å². The Bertz CT molecular complexity index is 1360. The van der Waals surface area contributed by atoms with Crippen LogP contribution in [0.25, 0.3) is 0 Å². The van der Waals surface area contributed by atoms with Gasteiger partial charge in [0.25, 0.3) is 10.0 Å². The van der Waals surface area contributed by atoms with Crippen LogP contribution in [0, 0.1) is 41.4 Å². The van der Waals surface area contributed by atoms with Gasteiger partial charge in [-0.25, -0.2) is 0 Å². The molecule has 3 saturated carbocycles. The predicted octanol–water partition coefficient (Wildman–Crippen LogP) is 5.32. The van der Waals surface area contributed by atoms with E-state index in [4.69, 9.17) is 24.0 Å². The first-order valence-electron chi connectivity index (χ1n) is 15.4. The number of aryl methyl sites for hydroxylation is 1. The minimum atomic E-state index is -3.81. The molecule has 9 heteroatoms. The lowest BCUT2D eigenvalue weighted by Crippen LogP contribution is -2.56. The van der Waals surface area contributed by atoms with E-state index < -0.39 is 21.6 Å². The molecule has 4 aliphatic carbocycles. The van der Waals surface area contributed by atoms with Gasteiger partial charge in [-0.15, -0.1) is 0 Å². The second kappa shape index (κ2) is 9.61. The molecule has 1 spiro atoms. The van der Waals surface area contributed by atoms with Crippen molar-refractivity contribution in [3.8, 4) is 0 Å². The van der Waals surface area contributed by atoms with Gasteiger partial charge < -0.3 is 18.9 Å².